The summed E-state index contributed by atoms with van der Waals surface area (Å²) < 4.78 is 36.5. The first kappa shape index (κ1) is 10.5. The van der Waals surface area contributed by atoms with Crippen molar-refractivity contribution in [3.8, 4) is 0 Å². The number of isocyanates is 1. The average molecular weight is 201 g/mol. The molecule has 2 nitrogen and oxygen atoms in total. The van der Waals surface area contributed by atoms with Gasteiger partial charge in [0.25, 0.3) is 0 Å². The van der Waals surface area contributed by atoms with Gasteiger partial charge in [-0.3, -0.25) is 0 Å². The number of aryl methyl sites for hydroxylation is 1. The second-order valence-corrected chi connectivity index (χ2v) is 2.70. The largest absolute Gasteiger partial charge is 0.416 e. The summed E-state index contributed by atoms with van der Waals surface area (Å²) in [6, 6.07) is 2.96. The van der Waals surface area contributed by atoms with Gasteiger partial charge in [0.1, 0.15) is 0 Å². The third kappa shape index (κ3) is 2.20. The quantitative estimate of drug-likeness (QED) is 0.507. The molecular formula is C9H6F3NO. The molecule has 0 fully saturated rings. The number of carbonyl (C=O) groups excluding carboxylic acids is 1. The van der Waals surface area contributed by atoms with E-state index < -0.39 is 11.7 Å². The molecule has 0 saturated carbocycles. The zero-order valence-corrected chi connectivity index (χ0v) is 7.22. The molecule has 0 aromatic heterocycles. The van der Waals surface area contributed by atoms with Crippen LogP contribution in [0.15, 0.2) is 23.2 Å². The number of rotatable bonds is 1. The van der Waals surface area contributed by atoms with Crippen molar-refractivity contribution in [2.24, 2.45) is 4.99 Å². The first-order chi connectivity index (χ1) is 6.45. The zero-order chi connectivity index (χ0) is 10.8. The van der Waals surface area contributed by atoms with Crippen LogP contribution in [0.3, 0.4) is 0 Å². The molecule has 0 amide bonds. The molecule has 0 saturated heterocycles. The number of aliphatic imine (C=N–C) groups is 1. The van der Waals surface area contributed by atoms with Crippen molar-refractivity contribution in [1.82, 2.24) is 0 Å². The van der Waals surface area contributed by atoms with Gasteiger partial charge in [-0.2, -0.15) is 18.2 Å². The van der Waals surface area contributed by atoms with E-state index in [4.69, 9.17) is 0 Å². The van der Waals surface area contributed by atoms with E-state index in [9.17, 15) is 18.0 Å². The Kier molecular flexibility index (Phi) is 2.72. The first-order valence-electron chi connectivity index (χ1n) is 3.71. The summed E-state index contributed by atoms with van der Waals surface area (Å²) in [4.78, 5) is 13.2. The van der Waals surface area contributed by atoms with Crippen molar-refractivity contribution in [3.63, 3.8) is 0 Å². The molecule has 0 aliphatic rings. The molecular weight excluding hydrogens is 195 g/mol. The Balaban J connectivity index is 3.19. The highest BCUT2D eigenvalue weighted by atomic mass is 19.4. The van der Waals surface area contributed by atoms with E-state index in [2.05, 4.69) is 4.99 Å². The van der Waals surface area contributed by atoms with Crippen LogP contribution in [0, 0.1) is 6.92 Å². The van der Waals surface area contributed by atoms with Gasteiger partial charge < -0.3 is 0 Å². The predicted octanol–water partition coefficient (Wildman–Crippen LogP) is 2.98. The highest BCUT2D eigenvalue weighted by Crippen LogP contribution is 2.32. The fourth-order valence-corrected chi connectivity index (χ4v) is 1.01. The Morgan fingerprint density at radius 3 is 2.43 bits per heavy atom. The fourth-order valence-electron chi connectivity index (χ4n) is 1.01. The minimum absolute atomic E-state index is 0.202. The lowest BCUT2D eigenvalue weighted by Gasteiger charge is -2.07. The van der Waals surface area contributed by atoms with E-state index in [0.29, 0.717) is 5.56 Å². The van der Waals surface area contributed by atoms with Crippen LogP contribution in [0.4, 0.5) is 18.9 Å². The maximum Gasteiger partial charge on any atom is 0.416 e. The summed E-state index contributed by atoms with van der Waals surface area (Å²) in [5.74, 6) is 0. The van der Waals surface area contributed by atoms with Crippen molar-refractivity contribution in [2.75, 3.05) is 0 Å². The minimum Gasteiger partial charge on any atom is -0.211 e. The van der Waals surface area contributed by atoms with E-state index >= 15 is 0 Å². The van der Waals surface area contributed by atoms with Crippen LogP contribution in [0.5, 0.6) is 0 Å². The van der Waals surface area contributed by atoms with Crippen LogP contribution in [0.1, 0.15) is 11.1 Å². The summed E-state index contributed by atoms with van der Waals surface area (Å²) >= 11 is 0. The highest BCUT2D eigenvalue weighted by Gasteiger charge is 2.30. The first-order valence-corrected chi connectivity index (χ1v) is 3.71. The minimum atomic E-state index is -4.37. The number of alkyl halides is 3. The summed E-state index contributed by atoms with van der Waals surface area (Å²) in [7, 11) is 0. The second-order valence-electron chi connectivity index (χ2n) is 2.70. The van der Waals surface area contributed by atoms with Crippen molar-refractivity contribution < 1.29 is 18.0 Å². The van der Waals surface area contributed by atoms with Crippen LogP contribution in [-0.2, 0) is 11.0 Å². The van der Waals surface area contributed by atoms with Crippen LogP contribution in [0.2, 0.25) is 0 Å². The van der Waals surface area contributed by atoms with Crippen molar-refractivity contribution >= 4 is 11.8 Å². The molecule has 14 heavy (non-hydrogen) atoms. The Bertz CT molecular complexity index is 392. The summed E-state index contributed by atoms with van der Waals surface area (Å²) in [6.07, 6.45) is -3.09. The van der Waals surface area contributed by atoms with E-state index in [1.54, 1.807) is 0 Å². The second kappa shape index (κ2) is 3.64. The van der Waals surface area contributed by atoms with Crippen LogP contribution >= 0.6 is 0 Å². The smallest absolute Gasteiger partial charge is 0.211 e. The Morgan fingerprint density at radius 2 is 2.00 bits per heavy atom. The molecule has 74 valence electrons. The number of benzene rings is 1. The van der Waals surface area contributed by atoms with Gasteiger partial charge in [-0.05, 0) is 30.7 Å². The molecule has 1 rings (SSSR count). The number of halogens is 3. The molecule has 0 aliphatic carbocycles. The van der Waals surface area contributed by atoms with Gasteiger partial charge >= 0.3 is 6.18 Å². The normalized spacial score (nSPS) is 10.9. The standard InChI is InChI=1S/C9H6F3NO/c1-6-4-7(9(10,11)12)2-3-8(6)13-5-14/h2-4H,1H3. The lowest BCUT2D eigenvalue weighted by Crippen LogP contribution is -2.04. The van der Waals surface area contributed by atoms with Gasteiger partial charge in [0, 0.05) is 0 Å². The number of nitrogens with zero attached hydrogens (tertiary/aromatic N) is 1. The molecule has 0 spiro atoms. The zero-order valence-electron chi connectivity index (χ0n) is 7.22. The Hall–Kier alpha value is -1.61. The van der Waals surface area contributed by atoms with Gasteiger partial charge in [0.2, 0.25) is 6.08 Å². The molecule has 1 aromatic rings. The van der Waals surface area contributed by atoms with Crippen LogP contribution in [-0.4, -0.2) is 6.08 Å². The summed E-state index contributed by atoms with van der Waals surface area (Å²) in [6.45, 7) is 1.45. The number of hydrogen-bond donors (Lipinski definition) is 0. The van der Waals surface area contributed by atoms with Gasteiger partial charge in [-0.1, -0.05) is 0 Å². The molecule has 0 N–H and O–H groups in total. The van der Waals surface area contributed by atoms with Gasteiger partial charge in [0.15, 0.2) is 0 Å². The Labute approximate surface area is 78.1 Å². The SMILES string of the molecule is Cc1cc(C(F)(F)F)ccc1N=C=O. The van der Waals surface area contributed by atoms with Crippen molar-refractivity contribution in [1.29, 1.82) is 0 Å². The van der Waals surface area contributed by atoms with Crippen LogP contribution < -0.4 is 0 Å². The molecule has 0 heterocycles. The molecule has 0 radical (unpaired) electrons. The van der Waals surface area contributed by atoms with Crippen LogP contribution in [0.25, 0.3) is 0 Å². The molecule has 1 aromatic carbocycles. The third-order valence-corrected chi connectivity index (χ3v) is 1.69. The fraction of sp³-hybridized carbons (Fsp3) is 0.222. The molecule has 0 aliphatic heterocycles. The maximum atomic E-state index is 12.2. The molecule has 5 heteroatoms. The topological polar surface area (TPSA) is 29.4 Å². The lowest BCUT2D eigenvalue weighted by molar-refractivity contribution is -0.137. The third-order valence-electron chi connectivity index (χ3n) is 1.69. The lowest BCUT2D eigenvalue weighted by atomic mass is 10.1. The van der Waals surface area contributed by atoms with E-state index in [0.717, 1.165) is 18.2 Å². The monoisotopic (exact) mass is 201 g/mol. The summed E-state index contributed by atoms with van der Waals surface area (Å²) in [5, 5.41) is 0. The van der Waals surface area contributed by atoms with Gasteiger partial charge in [0.05, 0.1) is 11.3 Å². The average Bonchev–Trinajstić information content (AvgIpc) is 2.07. The van der Waals surface area contributed by atoms with Gasteiger partial charge in [-0.25, -0.2) is 4.79 Å². The van der Waals surface area contributed by atoms with Crippen molar-refractivity contribution in [3.05, 3.63) is 29.3 Å². The molecule has 0 bridgehead atoms. The molecule has 0 unspecified atom stereocenters. The van der Waals surface area contributed by atoms with E-state index in [1.807, 2.05) is 0 Å². The van der Waals surface area contributed by atoms with Crippen molar-refractivity contribution in [2.45, 2.75) is 13.1 Å². The Morgan fingerprint density at radius 1 is 1.36 bits per heavy atom. The predicted molar refractivity (Wildman–Crippen MR) is 44.0 cm³/mol. The maximum absolute atomic E-state index is 12.2. The van der Waals surface area contributed by atoms with E-state index in [-0.39, 0.29) is 5.69 Å². The van der Waals surface area contributed by atoms with E-state index in [1.165, 1.54) is 13.0 Å². The number of hydrogen-bond acceptors (Lipinski definition) is 2. The highest BCUT2D eigenvalue weighted by molar-refractivity contribution is 5.54. The summed E-state index contributed by atoms with van der Waals surface area (Å²) in [5.41, 5.74) is -0.254. The van der Waals surface area contributed by atoms with Gasteiger partial charge in [-0.15, -0.1) is 0 Å². The molecule has 0 atom stereocenters.